The van der Waals surface area contributed by atoms with Gasteiger partial charge in [0, 0.05) is 36.8 Å². The summed E-state index contributed by atoms with van der Waals surface area (Å²) in [6, 6.07) is 13.0. The van der Waals surface area contributed by atoms with Crippen molar-refractivity contribution < 1.29 is 28.1 Å². The molecule has 2 aromatic heterocycles. The first-order valence-corrected chi connectivity index (χ1v) is 17.0. The molecule has 0 unspecified atom stereocenters. The van der Waals surface area contributed by atoms with Crippen molar-refractivity contribution in [2.75, 3.05) is 31.7 Å². The Hall–Kier alpha value is -4.28. The van der Waals surface area contributed by atoms with Crippen molar-refractivity contribution in [3.63, 3.8) is 0 Å². The highest BCUT2D eigenvalue weighted by Crippen LogP contribution is 2.40. The van der Waals surface area contributed by atoms with E-state index >= 15 is 4.39 Å². The molecule has 9 nitrogen and oxygen atoms in total. The van der Waals surface area contributed by atoms with E-state index < -0.39 is 17.7 Å². The largest absolute Gasteiger partial charge is 0.490 e. The maximum Gasteiger partial charge on any atom is 0.339 e. The molecule has 0 saturated carbocycles. The van der Waals surface area contributed by atoms with Crippen LogP contribution < -0.4 is 9.64 Å². The molecule has 0 radical (unpaired) electrons. The van der Waals surface area contributed by atoms with E-state index in [1.807, 2.05) is 84.0 Å². The highest BCUT2D eigenvalue weighted by molar-refractivity contribution is 5.81. The first kappa shape index (κ1) is 34.6. The maximum atomic E-state index is 15.7. The monoisotopic (exact) mass is 670 g/mol. The molecule has 4 aromatic rings. The van der Waals surface area contributed by atoms with E-state index in [0.29, 0.717) is 65.6 Å². The Labute approximate surface area is 288 Å². The molecule has 3 aliphatic rings. The van der Waals surface area contributed by atoms with E-state index in [1.54, 1.807) is 4.52 Å². The molecule has 6 bridgehead atoms. The number of rotatable bonds is 3. The minimum Gasteiger partial charge on any atom is -0.490 e. The highest BCUT2D eigenvalue weighted by Gasteiger charge is 2.38. The number of halogens is 1. The summed E-state index contributed by atoms with van der Waals surface area (Å²) in [5.74, 6) is 0.363. The summed E-state index contributed by atoms with van der Waals surface area (Å²) in [5.41, 5.74) is 4.21. The van der Waals surface area contributed by atoms with E-state index in [1.165, 1.54) is 13.2 Å². The van der Waals surface area contributed by atoms with Crippen LogP contribution in [0.25, 0.3) is 28.0 Å². The van der Waals surface area contributed by atoms with Crippen LogP contribution in [-0.4, -0.2) is 64.7 Å². The Morgan fingerprint density at radius 3 is 2.53 bits per heavy atom. The summed E-state index contributed by atoms with van der Waals surface area (Å²) in [7, 11) is 1.37. The van der Waals surface area contributed by atoms with Crippen LogP contribution in [0.3, 0.4) is 0 Å². The Kier molecular flexibility index (Phi) is 9.57. The third kappa shape index (κ3) is 7.35. The van der Waals surface area contributed by atoms with Gasteiger partial charge in [0.25, 0.3) is 0 Å². The Bertz CT molecular complexity index is 1890. The van der Waals surface area contributed by atoms with Gasteiger partial charge in [0.15, 0.2) is 11.8 Å². The van der Waals surface area contributed by atoms with E-state index in [2.05, 4.69) is 17.9 Å². The summed E-state index contributed by atoms with van der Waals surface area (Å²) < 4.78 is 42.0. The third-order valence-electron chi connectivity index (χ3n) is 9.21. The molecule has 10 heteroatoms. The van der Waals surface area contributed by atoms with Crippen LogP contribution in [0, 0.1) is 19.7 Å². The summed E-state index contributed by atoms with van der Waals surface area (Å²) in [4.78, 5) is 20.6. The lowest BCUT2D eigenvalue weighted by molar-refractivity contribution is -0.164. The van der Waals surface area contributed by atoms with Crippen molar-refractivity contribution in [2.45, 2.75) is 91.1 Å². The molecule has 0 aliphatic carbocycles. The van der Waals surface area contributed by atoms with Crippen LogP contribution >= 0.6 is 0 Å². The maximum absolute atomic E-state index is 15.7. The highest BCUT2D eigenvalue weighted by atomic mass is 19.1. The number of ether oxygens (including phenoxy) is 4. The number of benzene rings is 2. The summed E-state index contributed by atoms with van der Waals surface area (Å²) >= 11 is 0. The minimum atomic E-state index is -1.03. The lowest BCUT2D eigenvalue weighted by Crippen LogP contribution is -2.45. The summed E-state index contributed by atoms with van der Waals surface area (Å²) in [6.45, 7) is 15.4. The molecule has 2 aromatic carbocycles. The zero-order chi connectivity index (χ0) is 35.1. The normalized spacial score (nSPS) is 20.6. The number of carbonyl (C=O) groups excluding carboxylic acids is 1. The molecule has 1 saturated heterocycles. The van der Waals surface area contributed by atoms with E-state index in [9.17, 15) is 4.79 Å². The molecule has 0 amide bonds. The van der Waals surface area contributed by atoms with Gasteiger partial charge in [-0.2, -0.15) is 9.61 Å². The molecule has 260 valence electrons. The fourth-order valence-corrected chi connectivity index (χ4v) is 6.68. The number of hydrogen-bond acceptors (Lipinski definition) is 8. The van der Waals surface area contributed by atoms with Gasteiger partial charge in [-0.05, 0) is 90.6 Å². The minimum absolute atomic E-state index is 0.180. The lowest BCUT2D eigenvalue weighted by atomic mass is 9.92. The number of carbonyl (C=O) groups is 1. The zero-order valence-electron chi connectivity index (χ0n) is 29.8. The summed E-state index contributed by atoms with van der Waals surface area (Å²) in [6.07, 6.45) is 5.07. The van der Waals surface area contributed by atoms with Gasteiger partial charge in [-0.25, -0.2) is 14.2 Å². The number of esters is 1. The SMILES string of the molecule is COC(=O)[C@@H](OC(C)(C)C)c1c(C)nc2cc3nn2c1N1CCC(C)(CC1)OCC=CC[C@H](C)Oc1cc(C)cc(F)c1-c1cccc-3c1. The number of piperidine rings is 1. The Morgan fingerprint density at radius 2 is 1.82 bits per heavy atom. The number of aryl methyl sites for hydroxylation is 2. The van der Waals surface area contributed by atoms with Crippen molar-refractivity contribution in [2.24, 2.45) is 0 Å². The molecule has 0 N–H and O–H groups in total. The second-order valence-electron chi connectivity index (χ2n) is 14.5. The number of anilines is 1. The zero-order valence-corrected chi connectivity index (χ0v) is 29.8. The van der Waals surface area contributed by atoms with Crippen LogP contribution in [0.1, 0.15) is 76.8 Å². The van der Waals surface area contributed by atoms with E-state index in [4.69, 9.17) is 29.0 Å². The first-order chi connectivity index (χ1) is 23.2. The predicted molar refractivity (Wildman–Crippen MR) is 189 cm³/mol. The first-order valence-electron chi connectivity index (χ1n) is 17.0. The second-order valence-corrected chi connectivity index (χ2v) is 14.5. The number of fused-ring (bicyclic) bond motifs is 7. The topological polar surface area (TPSA) is 87.4 Å². The summed E-state index contributed by atoms with van der Waals surface area (Å²) in [5, 5.41) is 5.10. The van der Waals surface area contributed by atoms with Gasteiger partial charge in [0.05, 0.1) is 47.8 Å². The average molecular weight is 671 g/mol. The van der Waals surface area contributed by atoms with Gasteiger partial charge < -0.3 is 23.8 Å². The number of nitrogens with zero attached hydrogens (tertiary/aromatic N) is 4. The quantitative estimate of drug-likeness (QED) is 0.160. The molecule has 3 aliphatic heterocycles. The van der Waals surface area contributed by atoms with Crippen molar-refractivity contribution in [1.82, 2.24) is 14.6 Å². The molecular formula is C39H47FN4O5. The van der Waals surface area contributed by atoms with Gasteiger partial charge in [0.2, 0.25) is 0 Å². The van der Waals surface area contributed by atoms with Crippen molar-refractivity contribution in [1.29, 1.82) is 0 Å². The molecule has 1 fully saturated rings. The van der Waals surface area contributed by atoms with Gasteiger partial charge >= 0.3 is 5.97 Å². The number of methoxy groups -OCH3 is 1. The number of aromatic nitrogens is 3. The standard InChI is InChI=1S/C39H47FN4O5/c1-24-20-29(40)34-28-14-11-13-27(22-28)30-23-32-41-26(3)33(35(37(45)46-8)49-38(4,5)6)36(44(32)42-30)43-17-15-39(7,16-18-43)47-19-10-9-12-25(2)48-31(34)21-24/h9-11,13-14,20-23,25,35H,12,15-19H2,1-8H3/t25-,35-/m0/s1. The van der Waals surface area contributed by atoms with Gasteiger partial charge in [-0.1, -0.05) is 30.4 Å². The van der Waals surface area contributed by atoms with Crippen LogP contribution in [0.4, 0.5) is 10.2 Å². The van der Waals surface area contributed by atoms with Crippen LogP contribution in [0.15, 0.2) is 54.6 Å². The smallest absolute Gasteiger partial charge is 0.339 e. The van der Waals surface area contributed by atoms with Crippen LogP contribution in [0.5, 0.6) is 5.75 Å². The fraction of sp³-hybridized carbons (Fsp3) is 0.462. The van der Waals surface area contributed by atoms with Crippen LogP contribution in [-0.2, 0) is 19.0 Å². The number of hydrogen-bond donors (Lipinski definition) is 0. The van der Waals surface area contributed by atoms with Crippen molar-refractivity contribution in [3.05, 3.63) is 77.3 Å². The molecular weight excluding hydrogens is 623 g/mol. The average Bonchev–Trinajstić information content (AvgIpc) is 3.46. The molecule has 5 heterocycles. The van der Waals surface area contributed by atoms with Crippen molar-refractivity contribution >= 4 is 17.4 Å². The predicted octanol–water partition coefficient (Wildman–Crippen LogP) is 7.95. The fourth-order valence-electron chi connectivity index (χ4n) is 6.68. The lowest BCUT2D eigenvalue weighted by Gasteiger charge is -2.41. The molecule has 0 spiro atoms. The van der Waals surface area contributed by atoms with Crippen molar-refractivity contribution in [3.8, 4) is 28.1 Å². The second kappa shape index (κ2) is 13.6. The Balaban J connectivity index is 1.57. The van der Waals surface area contributed by atoms with Gasteiger partial charge in [-0.15, -0.1) is 0 Å². The van der Waals surface area contributed by atoms with E-state index in [-0.39, 0.29) is 17.5 Å². The molecule has 7 rings (SSSR count). The van der Waals surface area contributed by atoms with E-state index in [0.717, 1.165) is 29.8 Å². The van der Waals surface area contributed by atoms with Gasteiger partial charge in [-0.3, -0.25) is 0 Å². The van der Waals surface area contributed by atoms with Crippen LogP contribution in [0.2, 0.25) is 0 Å². The molecule has 2 atom stereocenters. The third-order valence-corrected chi connectivity index (χ3v) is 9.21. The molecule has 49 heavy (non-hydrogen) atoms. The van der Waals surface area contributed by atoms with Gasteiger partial charge in [0.1, 0.15) is 17.4 Å². The Morgan fingerprint density at radius 1 is 1.08 bits per heavy atom.